The van der Waals surface area contributed by atoms with Crippen LogP contribution in [-0.2, 0) is 4.79 Å². The summed E-state index contributed by atoms with van der Waals surface area (Å²) in [5, 5.41) is 0. The maximum absolute atomic E-state index is 10.5. The second kappa shape index (κ2) is 20.2. The average Bonchev–Trinajstić information content (AvgIpc) is 2.43. The van der Waals surface area contributed by atoms with E-state index >= 15 is 0 Å². The first-order valence-corrected chi connectivity index (χ1v) is 8.70. The van der Waals surface area contributed by atoms with Gasteiger partial charge in [0, 0.05) is 36.0 Å². The standard InChI is InChI=1S/C18H35NO.Na/c1-2-3-4-5-6-7-8-9-10-11-12-13-14-15-16-17-18(19)20;/h9-10H,2-8,11-17H2,1H3,(H2,19,20);/b10-9-;. The van der Waals surface area contributed by atoms with Gasteiger partial charge < -0.3 is 5.73 Å². The molecule has 0 fully saturated rings. The molecule has 2 nitrogen and oxygen atoms in total. The number of unbranched alkanes of at least 4 members (excludes halogenated alkanes) is 11. The van der Waals surface area contributed by atoms with Crippen LogP contribution in [0.25, 0.3) is 0 Å². The molecule has 0 saturated heterocycles. The van der Waals surface area contributed by atoms with Gasteiger partial charge in [0.15, 0.2) is 0 Å². The minimum absolute atomic E-state index is 0. The molecular formula is C18H35NNaO. The Kier molecular flexibility index (Phi) is 22.6. The van der Waals surface area contributed by atoms with Crippen molar-refractivity contribution in [3.05, 3.63) is 12.2 Å². The molecule has 0 aliphatic heterocycles. The molecule has 0 rings (SSSR count). The number of allylic oxidation sites excluding steroid dienone is 2. The predicted molar refractivity (Wildman–Crippen MR) is 94.4 cm³/mol. The van der Waals surface area contributed by atoms with Crippen LogP contribution in [0.15, 0.2) is 12.2 Å². The number of rotatable bonds is 15. The van der Waals surface area contributed by atoms with Gasteiger partial charge in [0.1, 0.15) is 0 Å². The van der Waals surface area contributed by atoms with Crippen molar-refractivity contribution in [3.8, 4) is 0 Å². The van der Waals surface area contributed by atoms with Crippen molar-refractivity contribution >= 4 is 35.5 Å². The summed E-state index contributed by atoms with van der Waals surface area (Å²) >= 11 is 0. The zero-order valence-corrected chi connectivity index (χ0v) is 16.5. The van der Waals surface area contributed by atoms with Crippen molar-refractivity contribution in [2.24, 2.45) is 5.73 Å². The van der Waals surface area contributed by atoms with Crippen molar-refractivity contribution in [2.75, 3.05) is 0 Å². The number of carbonyl (C=O) groups excluding carboxylic acids is 1. The summed E-state index contributed by atoms with van der Waals surface area (Å²) in [4.78, 5) is 10.5. The van der Waals surface area contributed by atoms with Crippen LogP contribution in [0.1, 0.15) is 96.8 Å². The molecular weight excluding hydrogens is 269 g/mol. The van der Waals surface area contributed by atoms with Gasteiger partial charge in [0.05, 0.1) is 0 Å². The van der Waals surface area contributed by atoms with Gasteiger partial charge in [-0.2, -0.15) is 0 Å². The summed E-state index contributed by atoms with van der Waals surface area (Å²) in [6.45, 7) is 2.26. The van der Waals surface area contributed by atoms with Gasteiger partial charge in [-0.1, -0.05) is 70.4 Å². The second-order valence-electron chi connectivity index (χ2n) is 5.80. The number of primary amides is 1. The van der Waals surface area contributed by atoms with E-state index in [4.69, 9.17) is 5.73 Å². The van der Waals surface area contributed by atoms with Crippen molar-refractivity contribution in [3.63, 3.8) is 0 Å². The van der Waals surface area contributed by atoms with Gasteiger partial charge in [0.25, 0.3) is 0 Å². The van der Waals surface area contributed by atoms with E-state index in [0.29, 0.717) is 6.42 Å². The topological polar surface area (TPSA) is 43.1 Å². The summed E-state index contributed by atoms with van der Waals surface area (Å²) in [6, 6.07) is 0. The first-order valence-electron chi connectivity index (χ1n) is 8.70. The predicted octanol–water partition coefficient (Wildman–Crippen LogP) is 5.13. The van der Waals surface area contributed by atoms with Gasteiger partial charge in [-0.25, -0.2) is 0 Å². The number of carbonyl (C=O) groups is 1. The SMILES string of the molecule is CCCCCCCC/C=C\CCCCCCCC(N)=O.[Na]. The number of amides is 1. The maximum atomic E-state index is 10.5. The molecule has 0 aliphatic carbocycles. The zero-order valence-electron chi connectivity index (χ0n) is 14.5. The Morgan fingerprint density at radius 3 is 1.67 bits per heavy atom. The fourth-order valence-electron chi connectivity index (χ4n) is 2.37. The van der Waals surface area contributed by atoms with Gasteiger partial charge >= 0.3 is 0 Å². The molecule has 0 atom stereocenters. The molecule has 21 heavy (non-hydrogen) atoms. The Morgan fingerprint density at radius 2 is 1.19 bits per heavy atom. The van der Waals surface area contributed by atoms with Gasteiger partial charge in [-0.3, -0.25) is 4.79 Å². The second-order valence-corrected chi connectivity index (χ2v) is 5.80. The van der Waals surface area contributed by atoms with E-state index in [1.54, 1.807) is 0 Å². The van der Waals surface area contributed by atoms with Crippen molar-refractivity contribution in [1.29, 1.82) is 0 Å². The molecule has 119 valence electrons. The smallest absolute Gasteiger partial charge is 0.217 e. The molecule has 0 aromatic rings. The molecule has 0 aliphatic rings. The van der Waals surface area contributed by atoms with E-state index in [0.717, 1.165) is 12.8 Å². The molecule has 0 heterocycles. The Morgan fingerprint density at radius 1 is 0.762 bits per heavy atom. The minimum Gasteiger partial charge on any atom is -0.370 e. The molecule has 2 N–H and O–H groups in total. The van der Waals surface area contributed by atoms with Crippen LogP contribution >= 0.6 is 0 Å². The van der Waals surface area contributed by atoms with E-state index < -0.39 is 0 Å². The molecule has 0 spiro atoms. The quantitative estimate of drug-likeness (QED) is 0.254. The molecule has 0 unspecified atom stereocenters. The van der Waals surface area contributed by atoms with Crippen LogP contribution in [0.3, 0.4) is 0 Å². The Balaban J connectivity index is 0. The van der Waals surface area contributed by atoms with Crippen molar-refractivity contribution < 1.29 is 4.79 Å². The number of nitrogens with two attached hydrogens (primary N) is 1. The number of hydrogen-bond donors (Lipinski definition) is 1. The fourth-order valence-corrected chi connectivity index (χ4v) is 2.37. The van der Waals surface area contributed by atoms with Crippen LogP contribution in [0.4, 0.5) is 0 Å². The van der Waals surface area contributed by atoms with E-state index in [2.05, 4.69) is 19.1 Å². The summed E-state index contributed by atoms with van der Waals surface area (Å²) in [5.74, 6) is -0.164. The summed E-state index contributed by atoms with van der Waals surface area (Å²) < 4.78 is 0. The Labute approximate surface area is 154 Å². The maximum Gasteiger partial charge on any atom is 0.217 e. The van der Waals surface area contributed by atoms with E-state index in [1.807, 2.05) is 0 Å². The third kappa shape index (κ3) is 22.6. The largest absolute Gasteiger partial charge is 0.370 e. The van der Waals surface area contributed by atoms with Crippen LogP contribution in [0.2, 0.25) is 0 Å². The minimum atomic E-state index is -0.164. The van der Waals surface area contributed by atoms with Crippen LogP contribution in [-0.4, -0.2) is 35.5 Å². The van der Waals surface area contributed by atoms with Crippen molar-refractivity contribution in [1.82, 2.24) is 0 Å². The molecule has 1 amide bonds. The third-order valence-electron chi connectivity index (χ3n) is 3.68. The fraction of sp³-hybridized carbons (Fsp3) is 0.833. The van der Waals surface area contributed by atoms with E-state index in [9.17, 15) is 4.79 Å². The normalized spacial score (nSPS) is 10.7. The Hall–Kier alpha value is 0.210. The summed E-state index contributed by atoms with van der Waals surface area (Å²) in [5.41, 5.74) is 5.10. The van der Waals surface area contributed by atoms with Crippen LogP contribution in [0, 0.1) is 0 Å². The van der Waals surface area contributed by atoms with Crippen molar-refractivity contribution in [2.45, 2.75) is 96.8 Å². The third-order valence-corrected chi connectivity index (χ3v) is 3.68. The van der Waals surface area contributed by atoms with Crippen LogP contribution < -0.4 is 5.73 Å². The van der Waals surface area contributed by atoms with Gasteiger partial charge in [-0.05, 0) is 32.1 Å². The molecule has 0 aromatic carbocycles. The molecule has 0 bridgehead atoms. The van der Waals surface area contributed by atoms with E-state index in [-0.39, 0.29) is 35.5 Å². The number of hydrogen-bond acceptors (Lipinski definition) is 1. The van der Waals surface area contributed by atoms with E-state index in [1.165, 1.54) is 70.6 Å². The zero-order chi connectivity index (χ0) is 14.9. The van der Waals surface area contributed by atoms with Crippen LogP contribution in [0.5, 0.6) is 0 Å². The monoisotopic (exact) mass is 304 g/mol. The molecule has 1 radical (unpaired) electrons. The molecule has 0 saturated carbocycles. The van der Waals surface area contributed by atoms with Gasteiger partial charge in [0.2, 0.25) is 5.91 Å². The first-order chi connectivity index (χ1) is 9.77. The average molecular weight is 304 g/mol. The van der Waals surface area contributed by atoms with Gasteiger partial charge in [-0.15, -0.1) is 0 Å². The first kappa shape index (κ1) is 23.5. The summed E-state index contributed by atoms with van der Waals surface area (Å²) in [6.07, 6.45) is 21.9. The molecule has 0 aromatic heterocycles. The Bertz CT molecular complexity index is 241. The summed E-state index contributed by atoms with van der Waals surface area (Å²) in [7, 11) is 0. The molecule has 3 heteroatoms.